The van der Waals surface area contributed by atoms with Crippen LogP contribution in [-0.4, -0.2) is 59.1 Å². The maximum atomic E-state index is 12.8. The Morgan fingerprint density at radius 3 is 2.54 bits per heavy atom. The Morgan fingerprint density at radius 2 is 1.91 bits per heavy atom. The van der Waals surface area contributed by atoms with Crippen molar-refractivity contribution in [3.8, 4) is 5.88 Å². The molecule has 0 spiro atoms. The van der Waals surface area contributed by atoms with Gasteiger partial charge in [-0.05, 0) is 25.8 Å². The van der Waals surface area contributed by atoms with Gasteiger partial charge in [0, 0.05) is 17.8 Å². The van der Waals surface area contributed by atoms with E-state index in [9.17, 15) is 23.4 Å². The highest BCUT2D eigenvalue weighted by Gasteiger charge is 2.43. The number of nitrogens with zero attached hydrogens (tertiary/aromatic N) is 5. The lowest BCUT2D eigenvalue weighted by Gasteiger charge is -2.21. The largest absolute Gasteiger partial charge is 0.471 e. The van der Waals surface area contributed by atoms with Crippen LogP contribution < -0.4 is 10.1 Å². The molecule has 1 aliphatic heterocycles. The lowest BCUT2D eigenvalue weighted by molar-refractivity contribution is -0.141. The molecule has 35 heavy (non-hydrogen) atoms. The summed E-state index contributed by atoms with van der Waals surface area (Å²) in [5.74, 6) is 0.517. The van der Waals surface area contributed by atoms with Gasteiger partial charge in [0.15, 0.2) is 17.4 Å². The normalized spacial score (nSPS) is 25.4. The Balaban J connectivity index is 1.46. The maximum Gasteiger partial charge on any atom is 0.433 e. The Labute approximate surface area is 198 Å². The number of aromatic nitrogens is 5. The zero-order valence-electron chi connectivity index (χ0n) is 18.8. The molecule has 1 saturated carbocycles. The van der Waals surface area contributed by atoms with Gasteiger partial charge in [-0.1, -0.05) is 18.9 Å². The first-order valence-electron chi connectivity index (χ1n) is 11.4. The molecule has 0 unspecified atom stereocenters. The van der Waals surface area contributed by atoms with Gasteiger partial charge in [-0.15, -0.1) is 0 Å². The van der Waals surface area contributed by atoms with Crippen molar-refractivity contribution in [2.24, 2.45) is 0 Å². The Bertz CT molecular complexity index is 1180. The van der Waals surface area contributed by atoms with Gasteiger partial charge >= 0.3 is 6.18 Å². The number of hydrogen-bond acceptors (Lipinski definition) is 9. The third-order valence-corrected chi connectivity index (χ3v) is 6.35. The lowest BCUT2D eigenvalue weighted by atomic mass is 10.1. The van der Waals surface area contributed by atoms with Gasteiger partial charge in [-0.2, -0.15) is 18.2 Å². The van der Waals surface area contributed by atoms with Gasteiger partial charge in [0.2, 0.25) is 11.8 Å². The molecule has 188 valence electrons. The van der Waals surface area contributed by atoms with Crippen molar-refractivity contribution in [3.05, 3.63) is 35.9 Å². The molecule has 2 aliphatic rings. The van der Waals surface area contributed by atoms with Crippen molar-refractivity contribution in [2.45, 2.75) is 76.0 Å². The molecule has 13 heteroatoms. The zero-order chi connectivity index (χ0) is 24.7. The van der Waals surface area contributed by atoms with Gasteiger partial charge in [0.1, 0.15) is 30.8 Å². The van der Waals surface area contributed by atoms with Crippen molar-refractivity contribution in [1.82, 2.24) is 24.5 Å². The fraction of sp³-hybridized carbons (Fsp3) is 0.545. The van der Waals surface area contributed by atoms with Gasteiger partial charge in [0.05, 0.1) is 6.10 Å². The lowest BCUT2D eigenvalue weighted by Crippen LogP contribution is -2.31. The molecule has 0 amide bonds. The summed E-state index contributed by atoms with van der Waals surface area (Å²) < 4.78 is 51.5. The number of ether oxygens (including phenoxy) is 2. The van der Waals surface area contributed by atoms with E-state index in [0.717, 1.165) is 37.9 Å². The van der Waals surface area contributed by atoms with Gasteiger partial charge < -0.3 is 25.0 Å². The van der Waals surface area contributed by atoms with E-state index in [-0.39, 0.29) is 24.0 Å². The SMILES string of the molecule is C[C@H]1O[C@@H](n2c(NC3CCCC3)nc3c(OCc4ccc(C(F)(F)F)nc4)ncnc32)[C@H](O)[C@@H]1O. The second-order valence-corrected chi connectivity index (χ2v) is 8.83. The van der Waals surface area contributed by atoms with Crippen LogP contribution in [0.15, 0.2) is 24.7 Å². The molecule has 0 radical (unpaired) electrons. The highest BCUT2D eigenvalue weighted by molar-refractivity contribution is 5.79. The number of alkyl halides is 3. The summed E-state index contributed by atoms with van der Waals surface area (Å²) >= 11 is 0. The molecule has 5 rings (SSSR count). The standard InChI is InChI=1S/C22H25F3N6O4/c1-11-16(32)17(33)20(35-11)31-18-15(30-21(31)29-13-4-2-3-5-13)19(28-10-27-18)34-9-12-6-7-14(26-8-12)22(23,24)25/h6-8,10-11,13,16-17,20,32-33H,2-5,9H2,1H3,(H,29,30)/t11-,16-,17-,20-/m1/s1. The van der Waals surface area contributed by atoms with E-state index in [4.69, 9.17) is 9.47 Å². The van der Waals surface area contributed by atoms with Crippen molar-refractivity contribution < 1.29 is 32.9 Å². The molecule has 3 N–H and O–H groups in total. The molecule has 4 heterocycles. The van der Waals surface area contributed by atoms with E-state index >= 15 is 0 Å². The predicted molar refractivity (Wildman–Crippen MR) is 116 cm³/mol. The van der Waals surface area contributed by atoms with E-state index in [0.29, 0.717) is 17.2 Å². The van der Waals surface area contributed by atoms with Crippen molar-refractivity contribution in [1.29, 1.82) is 0 Å². The fourth-order valence-electron chi connectivity index (χ4n) is 4.46. The third kappa shape index (κ3) is 4.62. The molecule has 1 saturated heterocycles. The van der Waals surface area contributed by atoms with Gasteiger partial charge in [0.25, 0.3) is 0 Å². The molecule has 10 nitrogen and oxygen atoms in total. The number of anilines is 1. The number of halogens is 3. The van der Waals surface area contributed by atoms with E-state index < -0.39 is 36.4 Å². The first-order chi connectivity index (χ1) is 16.7. The second-order valence-electron chi connectivity index (χ2n) is 8.83. The Kier molecular flexibility index (Phi) is 6.23. The topological polar surface area (TPSA) is 127 Å². The van der Waals surface area contributed by atoms with Crippen LogP contribution >= 0.6 is 0 Å². The van der Waals surface area contributed by atoms with Crippen LogP contribution in [0.2, 0.25) is 0 Å². The molecule has 1 aliphatic carbocycles. The third-order valence-electron chi connectivity index (χ3n) is 6.35. The first-order valence-corrected chi connectivity index (χ1v) is 11.4. The Morgan fingerprint density at radius 1 is 1.14 bits per heavy atom. The minimum atomic E-state index is -4.52. The van der Waals surface area contributed by atoms with E-state index in [1.54, 1.807) is 11.5 Å². The first kappa shape index (κ1) is 23.7. The molecule has 0 bridgehead atoms. The number of nitrogens with one attached hydrogen (secondary N) is 1. The number of pyridine rings is 1. The van der Waals surface area contributed by atoms with Crippen LogP contribution in [0.1, 0.15) is 50.1 Å². The van der Waals surface area contributed by atoms with Gasteiger partial charge in [-0.3, -0.25) is 9.55 Å². The number of imidazole rings is 1. The molecule has 4 atom stereocenters. The fourth-order valence-corrected chi connectivity index (χ4v) is 4.46. The summed E-state index contributed by atoms with van der Waals surface area (Å²) in [6.45, 7) is 1.58. The summed E-state index contributed by atoms with van der Waals surface area (Å²) in [5, 5.41) is 24.3. The molecule has 3 aromatic rings. The van der Waals surface area contributed by atoms with Crippen LogP contribution in [-0.2, 0) is 17.5 Å². The van der Waals surface area contributed by atoms with Crippen LogP contribution in [0.25, 0.3) is 11.2 Å². The highest BCUT2D eigenvalue weighted by atomic mass is 19.4. The Hall–Kier alpha value is -3.03. The maximum absolute atomic E-state index is 12.8. The summed E-state index contributed by atoms with van der Waals surface area (Å²) in [4.78, 5) is 16.5. The molecule has 2 fully saturated rings. The van der Waals surface area contributed by atoms with Gasteiger partial charge in [-0.25, -0.2) is 9.97 Å². The molecular weight excluding hydrogens is 469 g/mol. The quantitative estimate of drug-likeness (QED) is 0.474. The van der Waals surface area contributed by atoms with Crippen molar-refractivity contribution in [2.75, 3.05) is 5.32 Å². The van der Waals surface area contributed by atoms with E-state index in [1.165, 1.54) is 12.4 Å². The predicted octanol–water partition coefficient (Wildman–Crippen LogP) is 2.81. The number of aliphatic hydroxyl groups is 2. The monoisotopic (exact) mass is 494 g/mol. The zero-order valence-corrected chi connectivity index (χ0v) is 18.8. The van der Waals surface area contributed by atoms with E-state index in [1.807, 2.05) is 0 Å². The number of rotatable bonds is 6. The second kappa shape index (κ2) is 9.21. The van der Waals surface area contributed by atoms with Crippen LogP contribution in [0.3, 0.4) is 0 Å². The molecule has 3 aromatic heterocycles. The average molecular weight is 494 g/mol. The smallest absolute Gasteiger partial charge is 0.433 e. The van der Waals surface area contributed by atoms with Crippen LogP contribution in [0.5, 0.6) is 5.88 Å². The molecule has 0 aromatic carbocycles. The van der Waals surface area contributed by atoms with Crippen molar-refractivity contribution in [3.63, 3.8) is 0 Å². The summed E-state index contributed by atoms with van der Waals surface area (Å²) in [5.41, 5.74) is 0.0442. The minimum absolute atomic E-state index is 0.0895. The average Bonchev–Trinajstić information content (AvgIpc) is 3.53. The molecular formula is C22H25F3N6O4. The minimum Gasteiger partial charge on any atom is -0.471 e. The van der Waals surface area contributed by atoms with Crippen LogP contribution in [0.4, 0.5) is 19.1 Å². The van der Waals surface area contributed by atoms with Crippen molar-refractivity contribution >= 4 is 17.1 Å². The number of hydrogen-bond donors (Lipinski definition) is 3. The number of aliphatic hydroxyl groups excluding tert-OH is 2. The number of fused-ring (bicyclic) bond motifs is 1. The van der Waals surface area contributed by atoms with Crippen LogP contribution in [0, 0.1) is 0 Å². The summed E-state index contributed by atoms with van der Waals surface area (Å²) in [6.07, 6.45) is -1.88. The highest BCUT2D eigenvalue weighted by Crippen LogP contribution is 2.37. The van der Waals surface area contributed by atoms with E-state index in [2.05, 4.69) is 25.3 Å². The summed E-state index contributed by atoms with van der Waals surface area (Å²) in [6, 6.07) is 2.35. The summed E-state index contributed by atoms with van der Waals surface area (Å²) in [7, 11) is 0.